The van der Waals surface area contributed by atoms with Gasteiger partial charge < -0.3 is 31.9 Å². The van der Waals surface area contributed by atoms with Crippen molar-refractivity contribution >= 4 is 23.7 Å². The monoisotopic (exact) mass is 290 g/mol. The Bertz CT molecular complexity index is 373. The second kappa shape index (κ2) is 9.69. The molecule has 0 aliphatic rings. The lowest BCUT2D eigenvalue weighted by atomic mass is 10.1. The largest absolute Gasteiger partial charge is 0.480 e. The van der Waals surface area contributed by atoms with Crippen LogP contribution in [0.2, 0.25) is 0 Å². The highest BCUT2D eigenvalue weighted by molar-refractivity contribution is 5.88. The zero-order valence-corrected chi connectivity index (χ0v) is 10.8. The quantitative estimate of drug-likeness (QED) is 0.209. The molecule has 0 bridgehead atoms. The first kappa shape index (κ1) is 17.8. The topological polar surface area (TPSA) is 174 Å². The van der Waals surface area contributed by atoms with Gasteiger partial charge in [-0.25, -0.2) is 4.79 Å². The highest BCUT2D eigenvalue weighted by Crippen LogP contribution is 1.97. The van der Waals surface area contributed by atoms with Crippen LogP contribution in [0.5, 0.6) is 0 Å². The molecule has 0 radical (unpaired) electrons. The number of nitrogens with two attached hydrogens (primary N) is 2. The third kappa shape index (κ3) is 8.83. The number of ether oxygens (including phenoxy) is 1. The molecule has 0 rings (SSSR count). The number of rotatable bonds is 10. The average molecular weight is 290 g/mol. The normalized spacial score (nSPS) is 11.4. The average Bonchev–Trinajstić information content (AvgIpc) is 2.38. The summed E-state index contributed by atoms with van der Waals surface area (Å²) in [5.41, 5.74) is 10.1. The van der Waals surface area contributed by atoms with Crippen LogP contribution in [0.25, 0.3) is 0 Å². The summed E-state index contributed by atoms with van der Waals surface area (Å²) >= 11 is 0. The summed E-state index contributed by atoms with van der Waals surface area (Å²) in [7, 11) is 0. The van der Waals surface area contributed by atoms with Gasteiger partial charge in [-0.15, -0.1) is 0 Å². The maximum Gasteiger partial charge on any atom is 0.329 e. The van der Waals surface area contributed by atoms with Crippen LogP contribution in [0, 0.1) is 0 Å². The summed E-state index contributed by atoms with van der Waals surface area (Å²) in [6, 6.07) is -0.994. The molecule has 20 heavy (non-hydrogen) atoms. The maximum atomic E-state index is 11.7. The van der Waals surface area contributed by atoms with Crippen molar-refractivity contribution in [2.45, 2.75) is 18.9 Å². The van der Waals surface area contributed by atoms with Crippen molar-refractivity contribution in [1.29, 1.82) is 0 Å². The van der Waals surface area contributed by atoms with Crippen LogP contribution in [-0.4, -0.2) is 54.7 Å². The van der Waals surface area contributed by atoms with Crippen molar-refractivity contribution < 1.29 is 29.0 Å². The molecule has 0 aromatic heterocycles. The fraction of sp³-hybridized carbons (Fsp3) is 0.600. The van der Waals surface area contributed by atoms with Crippen LogP contribution in [0.15, 0.2) is 0 Å². The van der Waals surface area contributed by atoms with E-state index in [0.717, 1.165) is 0 Å². The molecule has 0 unspecified atom stereocenters. The SMILES string of the molecule is NCC(=O)N[C@@H](CCC(N)=O)C(=O)NCOCC(=O)O. The Hall–Kier alpha value is -2.20. The standard InChI is InChI=1S/C10H18N4O6/c11-3-8(16)14-6(1-2-7(12)15)10(19)13-5-20-4-9(17)18/h6H,1-5,11H2,(H2,12,15)(H,13,19)(H,14,16)(H,17,18)/t6-/m0/s1. The molecule has 0 aliphatic heterocycles. The highest BCUT2D eigenvalue weighted by Gasteiger charge is 2.20. The molecule has 0 aliphatic carbocycles. The molecule has 114 valence electrons. The Morgan fingerprint density at radius 2 is 1.90 bits per heavy atom. The molecule has 1 atom stereocenters. The second-order valence-electron chi connectivity index (χ2n) is 3.76. The minimum absolute atomic E-state index is 0.00579. The van der Waals surface area contributed by atoms with Crippen molar-refractivity contribution in [2.75, 3.05) is 19.9 Å². The van der Waals surface area contributed by atoms with Gasteiger partial charge in [-0.3, -0.25) is 14.4 Å². The summed E-state index contributed by atoms with van der Waals surface area (Å²) < 4.78 is 4.61. The van der Waals surface area contributed by atoms with Gasteiger partial charge >= 0.3 is 5.97 Å². The molecule has 0 heterocycles. The Kier molecular flexibility index (Phi) is 8.63. The van der Waals surface area contributed by atoms with E-state index in [0.29, 0.717) is 0 Å². The molecule has 0 spiro atoms. The lowest BCUT2D eigenvalue weighted by Crippen LogP contribution is -2.49. The van der Waals surface area contributed by atoms with E-state index in [2.05, 4.69) is 15.4 Å². The van der Waals surface area contributed by atoms with Gasteiger partial charge in [-0.2, -0.15) is 0 Å². The molecule has 7 N–H and O–H groups in total. The van der Waals surface area contributed by atoms with Gasteiger partial charge in [-0.1, -0.05) is 0 Å². The molecule has 10 nitrogen and oxygen atoms in total. The van der Waals surface area contributed by atoms with E-state index in [4.69, 9.17) is 16.6 Å². The number of hydrogen-bond donors (Lipinski definition) is 5. The Labute approximate surface area is 114 Å². The third-order valence-corrected chi connectivity index (χ3v) is 2.09. The van der Waals surface area contributed by atoms with E-state index in [1.165, 1.54) is 0 Å². The zero-order valence-electron chi connectivity index (χ0n) is 10.8. The summed E-state index contributed by atoms with van der Waals surface area (Å²) in [5.74, 6) is -2.99. The van der Waals surface area contributed by atoms with Crippen LogP contribution >= 0.6 is 0 Å². The maximum absolute atomic E-state index is 11.7. The highest BCUT2D eigenvalue weighted by atomic mass is 16.5. The molecule has 3 amide bonds. The second-order valence-corrected chi connectivity index (χ2v) is 3.76. The smallest absolute Gasteiger partial charge is 0.329 e. The first-order chi connectivity index (χ1) is 9.36. The van der Waals surface area contributed by atoms with Gasteiger partial charge in [0.15, 0.2) is 0 Å². The molecule has 10 heteroatoms. The minimum Gasteiger partial charge on any atom is -0.480 e. The van der Waals surface area contributed by atoms with Crippen LogP contribution in [0.1, 0.15) is 12.8 Å². The van der Waals surface area contributed by atoms with E-state index in [-0.39, 0.29) is 26.1 Å². The molecule has 0 saturated heterocycles. The number of carbonyl (C=O) groups is 4. The first-order valence-corrected chi connectivity index (χ1v) is 5.71. The van der Waals surface area contributed by atoms with E-state index in [1.807, 2.05) is 0 Å². The Morgan fingerprint density at radius 1 is 1.25 bits per heavy atom. The number of carbonyl (C=O) groups excluding carboxylic acids is 3. The number of carboxylic acids is 1. The first-order valence-electron chi connectivity index (χ1n) is 5.71. The van der Waals surface area contributed by atoms with E-state index >= 15 is 0 Å². The third-order valence-electron chi connectivity index (χ3n) is 2.09. The van der Waals surface area contributed by atoms with Crippen LogP contribution in [-0.2, 0) is 23.9 Å². The van der Waals surface area contributed by atoms with Crippen molar-refractivity contribution in [1.82, 2.24) is 10.6 Å². The van der Waals surface area contributed by atoms with Gasteiger partial charge in [-0.05, 0) is 6.42 Å². The van der Waals surface area contributed by atoms with E-state index in [9.17, 15) is 19.2 Å². The van der Waals surface area contributed by atoms with Crippen LogP contribution < -0.4 is 22.1 Å². The molecule has 0 aromatic rings. The number of nitrogens with one attached hydrogen (secondary N) is 2. The molecular formula is C10H18N4O6. The number of carboxylic acid groups (broad SMARTS) is 1. The fourth-order valence-electron chi connectivity index (χ4n) is 1.19. The molecule has 0 fully saturated rings. The van der Waals surface area contributed by atoms with Crippen molar-refractivity contribution in [3.8, 4) is 0 Å². The van der Waals surface area contributed by atoms with Gasteiger partial charge in [0.1, 0.15) is 19.4 Å². The summed E-state index contributed by atoms with van der Waals surface area (Å²) in [4.78, 5) is 43.7. The van der Waals surface area contributed by atoms with E-state index < -0.39 is 36.3 Å². The molecule has 0 aromatic carbocycles. The van der Waals surface area contributed by atoms with Crippen molar-refractivity contribution in [3.63, 3.8) is 0 Å². The number of amides is 3. The van der Waals surface area contributed by atoms with Crippen LogP contribution in [0.3, 0.4) is 0 Å². The number of hydrogen-bond acceptors (Lipinski definition) is 6. The number of aliphatic carboxylic acids is 1. The van der Waals surface area contributed by atoms with Crippen LogP contribution in [0.4, 0.5) is 0 Å². The lowest BCUT2D eigenvalue weighted by Gasteiger charge is -2.17. The number of primary amides is 1. The van der Waals surface area contributed by atoms with Gasteiger partial charge in [0.05, 0.1) is 6.54 Å². The fourth-order valence-corrected chi connectivity index (χ4v) is 1.19. The zero-order chi connectivity index (χ0) is 15.5. The van der Waals surface area contributed by atoms with Crippen molar-refractivity contribution in [3.05, 3.63) is 0 Å². The molecule has 0 saturated carbocycles. The van der Waals surface area contributed by atoms with E-state index in [1.54, 1.807) is 0 Å². The van der Waals surface area contributed by atoms with Gasteiger partial charge in [0, 0.05) is 6.42 Å². The Balaban J connectivity index is 4.27. The van der Waals surface area contributed by atoms with Gasteiger partial charge in [0.2, 0.25) is 17.7 Å². The predicted molar refractivity (Wildman–Crippen MR) is 66.0 cm³/mol. The summed E-state index contributed by atoms with van der Waals surface area (Å²) in [6.45, 7) is -1.21. The summed E-state index contributed by atoms with van der Waals surface area (Å²) in [6.07, 6.45) is -0.0925. The minimum atomic E-state index is -1.18. The Morgan fingerprint density at radius 3 is 2.40 bits per heavy atom. The summed E-state index contributed by atoms with van der Waals surface area (Å²) in [5, 5.41) is 12.9. The lowest BCUT2D eigenvalue weighted by molar-refractivity contribution is -0.143. The predicted octanol–water partition coefficient (Wildman–Crippen LogP) is -3.13. The van der Waals surface area contributed by atoms with Gasteiger partial charge in [0.25, 0.3) is 0 Å². The van der Waals surface area contributed by atoms with Crippen molar-refractivity contribution in [2.24, 2.45) is 11.5 Å². The molecular weight excluding hydrogens is 272 g/mol.